The number of nitrogens with one attached hydrogen (secondary N) is 1. The summed E-state index contributed by atoms with van der Waals surface area (Å²) in [6.45, 7) is 0.408. The van der Waals surface area contributed by atoms with Crippen LogP contribution < -0.4 is 15.0 Å². The molecule has 0 atom stereocenters. The normalized spacial score (nSPS) is 15.1. The lowest BCUT2D eigenvalue weighted by molar-refractivity contribution is -0.122. The molecule has 5 nitrogen and oxygen atoms in total. The molecule has 0 spiro atoms. The van der Waals surface area contributed by atoms with Crippen LogP contribution in [-0.4, -0.2) is 16.9 Å². The first-order chi connectivity index (χ1) is 15.4. The van der Waals surface area contributed by atoms with Crippen molar-refractivity contribution in [2.75, 3.05) is 4.90 Å². The van der Waals surface area contributed by atoms with Gasteiger partial charge in [0.1, 0.15) is 23.7 Å². The van der Waals surface area contributed by atoms with Crippen LogP contribution in [0, 0.1) is 5.82 Å². The van der Waals surface area contributed by atoms with E-state index in [1.807, 2.05) is 30.3 Å². The van der Waals surface area contributed by atoms with Crippen molar-refractivity contribution in [3.8, 4) is 5.75 Å². The Bertz CT molecular complexity index is 1230. The molecule has 1 aliphatic heterocycles. The molecule has 3 aromatic rings. The standard InChI is InChI=1S/C24H16BrFN2O3S/c25-20-13-16(6-11-21(20)31-14-15-4-2-1-3-5-15)12-19-22(29)27-24(32)28(23(19)30)18-9-7-17(26)8-10-18/h1-13H,14H2,(H,27,29,32)/b19-12-. The first kappa shape index (κ1) is 21.9. The molecule has 4 rings (SSSR count). The van der Waals surface area contributed by atoms with Crippen LogP contribution in [-0.2, 0) is 16.2 Å². The number of benzene rings is 3. The molecule has 1 saturated heterocycles. The molecule has 2 amide bonds. The third-order valence-corrected chi connectivity index (χ3v) is 5.59. The number of hydrogen-bond acceptors (Lipinski definition) is 4. The second-order valence-electron chi connectivity index (χ2n) is 6.90. The Morgan fingerprint density at radius 2 is 1.75 bits per heavy atom. The van der Waals surface area contributed by atoms with Crippen LogP contribution in [0.3, 0.4) is 0 Å². The van der Waals surface area contributed by atoms with Gasteiger partial charge in [-0.2, -0.15) is 0 Å². The smallest absolute Gasteiger partial charge is 0.270 e. The molecule has 8 heteroatoms. The van der Waals surface area contributed by atoms with Gasteiger partial charge in [-0.3, -0.25) is 19.8 Å². The zero-order valence-corrected chi connectivity index (χ0v) is 19.0. The van der Waals surface area contributed by atoms with Crippen LogP contribution in [0.25, 0.3) is 6.08 Å². The molecular formula is C24H16BrFN2O3S. The molecule has 0 bridgehead atoms. The van der Waals surface area contributed by atoms with Crippen LogP contribution >= 0.6 is 28.1 Å². The highest BCUT2D eigenvalue weighted by atomic mass is 79.9. The molecule has 32 heavy (non-hydrogen) atoms. The SMILES string of the molecule is O=C1NC(=S)N(c2ccc(F)cc2)C(=O)/C1=C\c1ccc(OCc2ccccc2)c(Br)c1. The van der Waals surface area contributed by atoms with Crippen molar-refractivity contribution in [3.05, 3.63) is 99.8 Å². The lowest BCUT2D eigenvalue weighted by Crippen LogP contribution is -2.54. The number of carbonyl (C=O) groups is 2. The zero-order valence-electron chi connectivity index (χ0n) is 16.5. The maximum Gasteiger partial charge on any atom is 0.270 e. The molecule has 160 valence electrons. The van der Waals surface area contributed by atoms with E-state index in [1.165, 1.54) is 30.3 Å². The summed E-state index contributed by atoms with van der Waals surface area (Å²) in [5.74, 6) is -1.00. The third kappa shape index (κ3) is 4.76. The van der Waals surface area contributed by atoms with E-state index in [-0.39, 0.29) is 10.7 Å². The number of carbonyl (C=O) groups excluding carboxylic acids is 2. The number of halogens is 2. The molecule has 1 aliphatic rings. The van der Waals surface area contributed by atoms with E-state index in [0.29, 0.717) is 28.1 Å². The van der Waals surface area contributed by atoms with Crippen molar-refractivity contribution in [2.45, 2.75) is 6.61 Å². The van der Waals surface area contributed by atoms with E-state index < -0.39 is 17.6 Å². The Kier molecular flexibility index (Phi) is 6.43. The summed E-state index contributed by atoms with van der Waals surface area (Å²) in [4.78, 5) is 26.6. The largest absolute Gasteiger partial charge is 0.488 e. The Hall–Kier alpha value is -3.36. The Morgan fingerprint density at radius 1 is 1.03 bits per heavy atom. The van der Waals surface area contributed by atoms with E-state index in [9.17, 15) is 14.0 Å². The summed E-state index contributed by atoms with van der Waals surface area (Å²) < 4.78 is 19.8. The number of hydrogen-bond donors (Lipinski definition) is 1. The van der Waals surface area contributed by atoms with Crippen molar-refractivity contribution in [1.82, 2.24) is 5.32 Å². The minimum absolute atomic E-state index is 0.0606. The Morgan fingerprint density at radius 3 is 2.44 bits per heavy atom. The highest BCUT2D eigenvalue weighted by molar-refractivity contribution is 9.10. The van der Waals surface area contributed by atoms with E-state index in [1.54, 1.807) is 18.2 Å². The first-order valence-corrected chi connectivity index (χ1v) is 10.8. The number of nitrogens with zero attached hydrogens (tertiary/aromatic N) is 1. The summed E-state index contributed by atoms with van der Waals surface area (Å²) in [7, 11) is 0. The van der Waals surface area contributed by atoms with Crippen LogP contribution in [0.4, 0.5) is 10.1 Å². The van der Waals surface area contributed by atoms with Gasteiger partial charge in [0.15, 0.2) is 5.11 Å². The summed E-state index contributed by atoms with van der Waals surface area (Å²) in [6, 6.07) is 20.3. The van der Waals surface area contributed by atoms with Gasteiger partial charge >= 0.3 is 0 Å². The molecule has 3 aromatic carbocycles. The topological polar surface area (TPSA) is 58.6 Å². The van der Waals surface area contributed by atoms with Gasteiger partial charge in [0.25, 0.3) is 11.8 Å². The predicted molar refractivity (Wildman–Crippen MR) is 128 cm³/mol. The van der Waals surface area contributed by atoms with Crippen molar-refractivity contribution in [3.63, 3.8) is 0 Å². The van der Waals surface area contributed by atoms with Gasteiger partial charge in [0, 0.05) is 0 Å². The highest BCUT2D eigenvalue weighted by Gasteiger charge is 2.34. The van der Waals surface area contributed by atoms with Gasteiger partial charge in [-0.15, -0.1) is 0 Å². The van der Waals surface area contributed by atoms with Gasteiger partial charge in [-0.25, -0.2) is 4.39 Å². The summed E-state index contributed by atoms with van der Waals surface area (Å²) in [5.41, 5.74) is 1.92. The second-order valence-corrected chi connectivity index (χ2v) is 8.14. The van der Waals surface area contributed by atoms with Gasteiger partial charge in [0.05, 0.1) is 10.2 Å². The molecule has 1 N–H and O–H groups in total. The first-order valence-electron chi connectivity index (χ1n) is 9.55. The van der Waals surface area contributed by atoms with Gasteiger partial charge in [-0.05, 0) is 81.7 Å². The van der Waals surface area contributed by atoms with Crippen molar-refractivity contribution in [2.24, 2.45) is 0 Å². The monoisotopic (exact) mass is 510 g/mol. The fraction of sp³-hybridized carbons (Fsp3) is 0.0417. The lowest BCUT2D eigenvalue weighted by Gasteiger charge is -2.28. The number of amides is 2. The van der Waals surface area contributed by atoms with Crippen LogP contribution in [0.5, 0.6) is 5.75 Å². The van der Waals surface area contributed by atoms with E-state index in [2.05, 4.69) is 21.2 Å². The van der Waals surface area contributed by atoms with Crippen molar-refractivity contribution < 1.29 is 18.7 Å². The number of rotatable bonds is 5. The molecule has 0 aliphatic carbocycles. The van der Waals surface area contributed by atoms with Crippen molar-refractivity contribution >= 4 is 56.8 Å². The summed E-state index contributed by atoms with van der Waals surface area (Å²) >= 11 is 8.62. The fourth-order valence-corrected chi connectivity index (χ4v) is 3.90. The summed E-state index contributed by atoms with van der Waals surface area (Å²) in [6.07, 6.45) is 1.47. The minimum atomic E-state index is -0.598. The molecule has 1 heterocycles. The van der Waals surface area contributed by atoms with Crippen LogP contribution in [0.2, 0.25) is 0 Å². The van der Waals surface area contributed by atoms with Crippen LogP contribution in [0.1, 0.15) is 11.1 Å². The highest BCUT2D eigenvalue weighted by Crippen LogP contribution is 2.29. The lowest BCUT2D eigenvalue weighted by atomic mass is 10.1. The minimum Gasteiger partial charge on any atom is -0.488 e. The quantitative estimate of drug-likeness (QED) is 0.298. The average molecular weight is 511 g/mol. The van der Waals surface area contributed by atoms with Gasteiger partial charge < -0.3 is 4.74 Å². The van der Waals surface area contributed by atoms with Gasteiger partial charge in [0.2, 0.25) is 0 Å². The molecular weight excluding hydrogens is 495 g/mol. The van der Waals surface area contributed by atoms with Gasteiger partial charge in [-0.1, -0.05) is 36.4 Å². The van der Waals surface area contributed by atoms with Crippen molar-refractivity contribution in [1.29, 1.82) is 0 Å². The van der Waals surface area contributed by atoms with E-state index in [4.69, 9.17) is 17.0 Å². The average Bonchev–Trinajstić information content (AvgIpc) is 2.78. The number of thiocarbonyl (C=S) groups is 1. The predicted octanol–water partition coefficient (Wildman–Crippen LogP) is 5.00. The van der Waals surface area contributed by atoms with E-state index in [0.717, 1.165) is 10.5 Å². The Labute approximate surface area is 197 Å². The number of ether oxygens (including phenoxy) is 1. The molecule has 0 aromatic heterocycles. The molecule has 0 saturated carbocycles. The molecule has 0 radical (unpaired) electrons. The van der Waals surface area contributed by atoms with E-state index >= 15 is 0 Å². The fourth-order valence-electron chi connectivity index (χ4n) is 3.11. The third-order valence-electron chi connectivity index (χ3n) is 4.69. The Balaban J connectivity index is 1.57. The van der Waals surface area contributed by atoms with Crippen LogP contribution in [0.15, 0.2) is 82.8 Å². The number of anilines is 1. The molecule has 0 unspecified atom stereocenters. The molecule has 1 fully saturated rings. The maximum atomic E-state index is 13.3. The second kappa shape index (κ2) is 9.42. The summed E-state index contributed by atoms with van der Waals surface area (Å²) in [5, 5.41) is 2.45. The zero-order chi connectivity index (χ0) is 22.7. The maximum absolute atomic E-state index is 13.3.